The minimum absolute atomic E-state index is 0.0871. The number of alkyl halides is 3. The van der Waals surface area contributed by atoms with Crippen LogP contribution in [0.15, 0.2) is 72.8 Å². The maximum atomic E-state index is 13.4. The van der Waals surface area contributed by atoms with E-state index in [0.29, 0.717) is 5.56 Å². The number of nitrogens with zero attached hydrogens (tertiary/aromatic N) is 2. The quantitative estimate of drug-likeness (QED) is 0.313. The third kappa shape index (κ3) is 5.02. The summed E-state index contributed by atoms with van der Waals surface area (Å²) in [6, 6.07) is 15.6. The van der Waals surface area contributed by atoms with Crippen molar-refractivity contribution >= 4 is 29.2 Å². The molecule has 35 heavy (non-hydrogen) atoms. The first kappa shape index (κ1) is 24.0. The average molecular weight is 504 g/mol. The first-order valence-electron chi connectivity index (χ1n) is 9.91. The highest BCUT2D eigenvalue weighted by Gasteiger charge is 2.35. The molecule has 0 radical (unpaired) electrons. The fourth-order valence-corrected chi connectivity index (χ4v) is 3.54. The van der Waals surface area contributed by atoms with Gasteiger partial charge in [0, 0.05) is 11.1 Å². The Morgan fingerprint density at radius 2 is 1.66 bits per heavy atom. The number of aromatic carboxylic acids is 1. The lowest BCUT2D eigenvalue weighted by Gasteiger charge is -2.11. The number of rotatable bonds is 5. The summed E-state index contributed by atoms with van der Waals surface area (Å²) >= 11 is 6.17. The van der Waals surface area contributed by atoms with E-state index in [1.807, 2.05) is 0 Å². The van der Waals surface area contributed by atoms with Crippen LogP contribution in [0.1, 0.15) is 26.4 Å². The van der Waals surface area contributed by atoms with Gasteiger partial charge in [-0.25, -0.2) is 13.9 Å². The van der Waals surface area contributed by atoms with Gasteiger partial charge < -0.3 is 10.4 Å². The van der Waals surface area contributed by atoms with Gasteiger partial charge in [-0.3, -0.25) is 4.79 Å². The molecule has 1 heterocycles. The molecular weight excluding hydrogens is 490 g/mol. The Morgan fingerprint density at radius 3 is 2.29 bits per heavy atom. The van der Waals surface area contributed by atoms with Crippen LogP contribution in [0.4, 0.5) is 23.2 Å². The van der Waals surface area contributed by atoms with Gasteiger partial charge in [-0.1, -0.05) is 35.9 Å². The molecule has 0 aliphatic carbocycles. The van der Waals surface area contributed by atoms with Crippen molar-refractivity contribution in [1.82, 2.24) is 9.78 Å². The standard InChI is InChI=1S/C24H14ClF4N3O3/c25-17-3-1-2-4-19(17)32-20(12-21(31-32)24(27,28)29)13-5-7-14(8-6-13)22(33)30-18-10-9-15(26)11-16(18)23(34)35/h1-12H,(H,30,33)(H,34,35). The van der Waals surface area contributed by atoms with E-state index in [1.165, 1.54) is 36.4 Å². The summed E-state index contributed by atoms with van der Waals surface area (Å²) in [5.74, 6) is -2.90. The van der Waals surface area contributed by atoms with E-state index in [-0.39, 0.29) is 27.7 Å². The van der Waals surface area contributed by atoms with Gasteiger partial charge in [-0.05, 0) is 48.5 Å². The molecule has 0 atom stereocenters. The summed E-state index contributed by atoms with van der Waals surface area (Å²) in [6.45, 7) is 0. The number of nitrogens with one attached hydrogen (secondary N) is 1. The van der Waals surface area contributed by atoms with Crippen LogP contribution in [-0.4, -0.2) is 26.8 Å². The highest BCUT2D eigenvalue weighted by Crippen LogP contribution is 2.34. The molecule has 0 aliphatic heterocycles. The van der Waals surface area contributed by atoms with Gasteiger partial charge in [0.05, 0.1) is 27.7 Å². The molecule has 4 aromatic rings. The summed E-state index contributed by atoms with van der Waals surface area (Å²) < 4.78 is 54.6. The molecular formula is C24H14ClF4N3O3. The lowest BCUT2D eigenvalue weighted by molar-refractivity contribution is -0.141. The van der Waals surface area contributed by atoms with E-state index in [9.17, 15) is 32.3 Å². The fourth-order valence-electron chi connectivity index (χ4n) is 3.32. The monoisotopic (exact) mass is 503 g/mol. The van der Waals surface area contributed by atoms with Crippen LogP contribution < -0.4 is 5.32 Å². The Hall–Kier alpha value is -4.18. The van der Waals surface area contributed by atoms with Crippen molar-refractivity contribution in [1.29, 1.82) is 0 Å². The van der Waals surface area contributed by atoms with Crippen LogP contribution in [0.2, 0.25) is 5.02 Å². The third-order valence-electron chi connectivity index (χ3n) is 4.98. The molecule has 1 amide bonds. The Morgan fingerprint density at radius 1 is 0.971 bits per heavy atom. The van der Waals surface area contributed by atoms with Crippen LogP contribution in [-0.2, 0) is 6.18 Å². The normalized spacial score (nSPS) is 11.3. The molecule has 0 fully saturated rings. The largest absolute Gasteiger partial charge is 0.478 e. The number of carboxylic acid groups (broad SMARTS) is 1. The van der Waals surface area contributed by atoms with Crippen molar-refractivity contribution in [3.05, 3.63) is 100 Å². The van der Waals surface area contributed by atoms with Crippen molar-refractivity contribution in [2.24, 2.45) is 0 Å². The van der Waals surface area contributed by atoms with Gasteiger partial charge in [0.1, 0.15) is 5.82 Å². The lowest BCUT2D eigenvalue weighted by Crippen LogP contribution is -2.15. The molecule has 1 aromatic heterocycles. The van der Waals surface area contributed by atoms with Crippen molar-refractivity contribution in [3.63, 3.8) is 0 Å². The summed E-state index contributed by atoms with van der Waals surface area (Å²) in [5.41, 5.74) is -0.931. The second-order valence-electron chi connectivity index (χ2n) is 7.30. The second-order valence-corrected chi connectivity index (χ2v) is 7.71. The number of hydrogen-bond donors (Lipinski definition) is 2. The zero-order valence-electron chi connectivity index (χ0n) is 17.5. The van der Waals surface area contributed by atoms with Crippen molar-refractivity contribution < 1.29 is 32.3 Å². The van der Waals surface area contributed by atoms with Crippen molar-refractivity contribution in [2.75, 3.05) is 5.32 Å². The van der Waals surface area contributed by atoms with Crippen LogP contribution >= 0.6 is 11.6 Å². The van der Waals surface area contributed by atoms with Crippen LogP contribution in [0.25, 0.3) is 16.9 Å². The smallest absolute Gasteiger partial charge is 0.435 e. The molecule has 0 spiro atoms. The minimum Gasteiger partial charge on any atom is -0.478 e. The van der Waals surface area contributed by atoms with Crippen molar-refractivity contribution in [3.8, 4) is 16.9 Å². The molecule has 11 heteroatoms. The predicted octanol–water partition coefficient (Wildman–Crippen LogP) is 6.30. The Labute approximate surface area is 200 Å². The number of halogens is 5. The van der Waals surface area contributed by atoms with E-state index >= 15 is 0 Å². The van der Waals surface area contributed by atoms with Crippen LogP contribution in [0, 0.1) is 5.82 Å². The lowest BCUT2D eigenvalue weighted by atomic mass is 10.1. The van der Waals surface area contributed by atoms with Crippen LogP contribution in [0.5, 0.6) is 0 Å². The second kappa shape index (κ2) is 9.22. The first-order chi connectivity index (χ1) is 16.5. The fraction of sp³-hybridized carbons (Fsp3) is 0.0417. The number of anilines is 1. The van der Waals surface area contributed by atoms with Gasteiger partial charge in [-0.2, -0.15) is 18.3 Å². The molecule has 3 aromatic carbocycles. The van der Waals surface area contributed by atoms with Crippen LogP contribution in [0.3, 0.4) is 0 Å². The number of benzene rings is 3. The molecule has 178 valence electrons. The predicted molar refractivity (Wildman–Crippen MR) is 120 cm³/mol. The zero-order chi connectivity index (χ0) is 25.3. The Kier molecular flexibility index (Phi) is 6.31. The molecule has 0 saturated carbocycles. The summed E-state index contributed by atoms with van der Waals surface area (Å²) in [6.07, 6.45) is -4.70. The zero-order valence-corrected chi connectivity index (χ0v) is 18.2. The van der Waals surface area contributed by atoms with Gasteiger partial charge in [0.2, 0.25) is 0 Å². The molecule has 0 bridgehead atoms. The van der Waals surface area contributed by atoms with Crippen molar-refractivity contribution in [2.45, 2.75) is 6.18 Å². The first-order valence-corrected chi connectivity index (χ1v) is 10.3. The van der Waals surface area contributed by atoms with E-state index in [4.69, 9.17) is 11.6 Å². The van der Waals surface area contributed by atoms with E-state index in [0.717, 1.165) is 28.9 Å². The molecule has 4 rings (SSSR count). The number of amides is 1. The summed E-state index contributed by atoms with van der Waals surface area (Å²) in [5, 5.41) is 15.5. The Bertz CT molecular complexity index is 1430. The van der Waals surface area contributed by atoms with E-state index in [1.54, 1.807) is 12.1 Å². The number of carbonyl (C=O) groups is 2. The summed E-state index contributed by atoms with van der Waals surface area (Å²) in [4.78, 5) is 23.9. The maximum Gasteiger partial charge on any atom is 0.435 e. The number of para-hydroxylation sites is 1. The third-order valence-corrected chi connectivity index (χ3v) is 5.30. The van der Waals surface area contributed by atoms with Gasteiger partial charge in [0.15, 0.2) is 5.69 Å². The Balaban J connectivity index is 1.68. The highest BCUT2D eigenvalue weighted by atomic mass is 35.5. The van der Waals surface area contributed by atoms with E-state index in [2.05, 4.69) is 10.4 Å². The average Bonchev–Trinajstić information content (AvgIpc) is 3.26. The van der Waals surface area contributed by atoms with Gasteiger partial charge >= 0.3 is 12.1 Å². The topological polar surface area (TPSA) is 84.2 Å². The number of carbonyl (C=O) groups excluding carboxylic acids is 1. The number of hydrogen-bond acceptors (Lipinski definition) is 3. The number of carboxylic acids is 1. The summed E-state index contributed by atoms with van der Waals surface area (Å²) in [7, 11) is 0. The molecule has 6 nitrogen and oxygen atoms in total. The minimum atomic E-state index is -4.70. The van der Waals surface area contributed by atoms with Gasteiger partial charge in [0.25, 0.3) is 5.91 Å². The SMILES string of the molecule is O=C(Nc1ccc(F)cc1C(=O)O)c1ccc(-c2cc(C(F)(F)F)nn2-c2ccccc2Cl)cc1. The molecule has 0 unspecified atom stereocenters. The highest BCUT2D eigenvalue weighted by molar-refractivity contribution is 6.32. The molecule has 2 N–H and O–H groups in total. The number of aromatic nitrogens is 2. The molecule has 0 aliphatic rings. The van der Waals surface area contributed by atoms with E-state index < -0.39 is 35.1 Å². The molecule has 0 saturated heterocycles. The van der Waals surface area contributed by atoms with Gasteiger partial charge in [-0.15, -0.1) is 0 Å². The maximum absolute atomic E-state index is 13.4.